The van der Waals surface area contributed by atoms with E-state index in [-0.39, 0.29) is 31.7 Å². The summed E-state index contributed by atoms with van der Waals surface area (Å²) >= 11 is 0. The molecule has 4 aromatic rings. The van der Waals surface area contributed by atoms with Crippen LogP contribution in [0.5, 0.6) is 0 Å². The number of rotatable bonds is 6. The second-order valence-corrected chi connectivity index (χ2v) is 26.2. The number of hydrogen-bond donors (Lipinski definition) is 0. The van der Waals surface area contributed by atoms with Gasteiger partial charge >= 0.3 is 0 Å². The first-order chi connectivity index (χ1) is 22.3. The van der Waals surface area contributed by atoms with Gasteiger partial charge in [-0.3, -0.25) is 0 Å². The standard InChI is InChI=1S/C42H50P4/c1-26-20-22-34(43(26)39-18-12-13-19-40(39)44-27(2)28(44)3)24-33-21-23-41(45-29(4)35-14-8-9-15-36(35)30(45)5)42(25-33)46-31(6)37-16-10-11-17-38(37)32(46)7/h8-19,21,23,25-32,34H,20,22,24H2,1-7H3/t26-,27+,28+,29-,30-,31-,32-,34+,43?/m1/s1. The lowest BCUT2D eigenvalue weighted by molar-refractivity contribution is 0.739. The summed E-state index contributed by atoms with van der Waals surface area (Å²) < 4.78 is 0. The largest absolute Gasteiger partial charge is 0.0682 e. The quantitative estimate of drug-likeness (QED) is 0.178. The van der Waals surface area contributed by atoms with Crippen LogP contribution in [0.4, 0.5) is 0 Å². The van der Waals surface area contributed by atoms with Gasteiger partial charge in [-0.2, -0.15) is 0 Å². The van der Waals surface area contributed by atoms with Gasteiger partial charge in [-0.25, -0.2) is 0 Å². The van der Waals surface area contributed by atoms with Gasteiger partial charge in [0.1, 0.15) is 0 Å². The Hall–Kier alpha value is -1.40. The highest BCUT2D eigenvalue weighted by Gasteiger charge is 2.47. The normalized spacial score (nSPS) is 33.7. The molecule has 2 saturated heterocycles. The highest BCUT2D eigenvalue weighted by Crippen LogP contribution is 2.71. The molecule has 0 aromatic heterocycles. The van der Waals surface area contributed by atoms with Crippen LogP contribution >= 0.6 is 31.7 Å². The van der Waals surface area contributed by atoms with Gasteiger partial charge in [-0.1, -0.05) is 171 Å². The molecule has 4 aliphatic rings. The van der Waals surface area contributed by atoms with Gasteiger partial charge < -0.3 is 0 Å². The average Bonchev–Trinajstić information content (AvgIpc) is 3.28. The summed E-state index contributed by atoms with van der Waals surface area (Å²) in [4.78, 5) is 0. The van der Waals surface area contributed by atoms with E-state index in [1.165, 1.54) is 19.3 Å². The Labute approximate surface area is 283 Å². The minimum absolute atomic E-state index is 0.0363. The van der Waals surface area contributed by atoms with Gasteiger partial charge in [0.15, 0.2) is 0 Å². The molecule has 4 heteroatoms. The van der Waals surface area contributed by atoms with Crippen molar-refractivity contribution in [2.24, 2.45) is 0 Å². The second-order valence-electron chi connectivity index (χ2n) is 14.7. The Kier molecular flexibility index (Phi) is 8.64. The minimum atomic E-state index is -0.330. The fourth-order valence-electron chi connectivity index (χ4n) is 9.59. The van der Waals surface area contributed by atoms with E-state index in [4.69, 9.17) is 0 Å². The summed E-state index contributed by atoms with van der Waals surface area (Å²) in [7, 11) is -0.757. The highest BCUT2D eigenvalue weighted by atomic mass is 31.1. The van der Waals surface area contributed by atoms with Gasteiger partial charge in [-0.05, 0) is 90.9 Å². The Bertz CT molecular complexity index is 1700. The van der Waals surface area contributed by atoms with Crippen molar-refractivity contribution in [1.82, 2.24) is 0 Å². The van der Waals surface area contributed by atoms with Crippen molar-refractivity contribution in [3.05, 3.63) is 119 Å². The molecule has 1 unspecified atom stereocenters. The summed E-state index contributed by atoms with van der Waals surface area (Å²) in [5, 5.41) is 7.01. The molecule has 0 saturated carbocycles. The molecule has 9 atom stereocenters. The zero-order valence-corrected chi connectivity index (χ0v) is 32.3. The monoisotopic (exact) mass is 678 g/mol. The third-order valence-electron chi connectivity index (χ3n) is 12.2. The molecule has 4 heterocycles. The van der Waals surface area contributed by atoms with E-state index in [1.54, 1.807) is 49.0 Å². The second kappa shape index (κ2) is 12.5. The molecule has 0 amide bonds. The molecule has 4 aromatic carbocycles. The maximum absolute atomic E-state index is 2.78. The molecule has 0 N–H and O–H groups in total. The lowest BCUT2D eigenvalue weighted by Crippen LogP contribution is -2.27. The molecule has 46 heavy (non-hydrogen) atoms. The van der Waals surface area contributed by atoms with Crippen LogP contribution in [-0.4, -0.2) is 22.6 Å². The van der Waals surface area contributed by atoms with Crippen molar-refractivity contribution in [2.75, 3.05) is 0 Å². The zero-order chi connectivity index (χ0) is 31.9. The van der Waals surface area contributed by atoms with Gasteiger partial charge in [0, 0.05) is 22.6 Å². The summed E-state index contributed by atoms with van der Waals surface area (Å²) in [6.07, 6.45) is 4.04. The van der Waals surface area contributed by atoms with Crippen molar-refractivity contribution in [3.63, 3.8) is 0 Å². The van der Waals surface area contributed by atoms with E-state index in [2.05, 4.69) is 139 Å². The van der Waals surface area contributed by atoms with E-state index >= 15 is 0 Å². The molecular formula is C42H50P4. The summed E-state index contributed by atoms with van der Waals surface area (Å²) in [6, 6.07) is 36.5. The maximum atomic E-state index is 2.78. The van der Waals surface area contributed by atoms with Crippen LogP contribution in [0.1, 0.15) is 112 Å². The molecule has 0 nitrogen and oxygen atoms in total. The molecule has 0 radical (unpaired) electrons. The third kappa shape index (κ3) is 5.15. The molecule has 238 valence electrons. The smallest absolute Gasteiger partial charge is 0.00622 e. The first-order valence-electron chi connectivity index (χ1n) is 17.8. The van der Waals surface area contributed by atoms with Gasteiger partial charge in [0.25, 0.3) is 0 Å². The van der Waals surface area contributed by atoms with Crippen LogP contribution in [0.15, 0.2) is 91.0 Å². The maximum Gasteiger partial charge on any atom is 0.00622 e. The summed E-state index contributed by atoms with van der Waals surface area (Å²) in [6.45, 7) is 17.7. The van der Waals surface area contributed by atoms with E-state index in [1.807, 2.05) is 0 Å². The first kappa shape index (κ1) is 31.8. The topological polar surface area (TPSA) is 0 Å². The van der Waals surface area contributed by atoms with Crippen molar-refractivity contribution in [3.8, 4) is 0 Å². The van der Waals surface area contributed by atoms with E-state index in [0.717, 1.165) is 22.6 Å². The number of hydrogen-bond acceptors (Lipinski definition) is 0. The van der Waals surface area contributed by atoms with E-state index in [0.29, 0.717) is 22.6 Å². The number of benzene rings is 4. The average molecular weight is 679 g/mol. The van der Waals surface area contributed by atoms with Crippen molar-refractivity contribution >= 4 is 52.9 Å². The number of fused-ring (bicyclic) bond motifs is 2. The predicted octanol–water partition coefficient (Wildman–Crippen LogP) is 11.4. The van der Waals surface area contributed by atoms with Crippen LogP contribution in [0.2, 0.25) is 0 Å². The summed E-state index contributed by atoms with van der Waals surface area (Å²) in [5.74, 6) is 0. The zero-order valence-electron chi connectivity index (χ0n) is 28.7. The lowest BCUT2D eigenvalue weighted by atomic mass is 10.0. The minimum Gasteiger partial charge on any atom is -0.0682 e. The van der Waals surface area contributed by atoms with Gasteiger partial charge in [-0.15, -0.1) is 0 Å². The molecule has 0 aliphatic carbocycles. The fourth-order valence-corrected chi connectivity index (χ4v) is 23.5. The first-order valence-corrected chi connectivity index (χ1v) is 23.7. The van der Waals surface area contributed by atoms with E-state index in [9.17, 15) is 0 Å². The molecular weight excluding hydrogens is 628 g/mol. The van der Waals surface area contributed by atoms with Crippen molar-refractivity contribution in [2.45, 2.75) is 113 Å². The molecule has 0 bridgehead atoms. The fraction of sp³-hybridized carbons (Fsp3) is 0.429. The van der Waals surface area contributed by atoms with Crippen LogP contribution in [0.3, 0.4) is 0 Å². The molecule has 8 rings (SSSR count). The SMILES string of the molecule is C[C@@H]1CC[C@@H](Cc2ccc(P3[C@H](C)c4ccccc4[C@H]3C)c(P3[C@H](C)c4ccccc4[C@H]3C)c2)P1c1ccccc1P1[C@@H](C)[C@@H]1C. The van der Waals surface area contributed by atoms with Gasteiger partial charge in [0.2, 0.25) is 0 Å². The molecule has 2 fully saturated rings. The lowest BCUT2D eigenvalue weighted by Gasteiger charge is -2.32. The Morgan fingerprint density at radius 1 is 0.457 bits per heavy atom. The highest BCUT2D eigenvalue weighted by molar-refractivity contribution is 7.78. The molecule has 0 spiro atoms. The Morgan fingerprint density at radius 3 is 1.39 bits per heavy atom. The third-order valence-corrected chi connectivity index (χ3v) is 25.5. The van der Waals surface area contributed by atoms with Crippen molar-refractivity contribution < 1.29 is 0 Å². The Morgan fingerprint density at radius 2 is 0.891 bits per heavy atom. The van der Waals surface area contributed by atoms with Crippen molar-refractivity contribution in [1.29, 1.82) is 0 Å². The van der Waals surface area contributed by atoms with E-state index < -0.39 is 0 Å². The summed E-state index contributed by atoms with van der Waals surface area (Å²) in [5.41, 5.74) is 13.9. The predicted molar refractivity (Wildman–Crippen MR) is 211 cm³/mol. The van der Waals surface area contributed by atoms with Crippen LogP contribution in [-0.2, 0) is 6.42 Å². The van der Waals surface area contributed by atoms with Crippen LogP contribution in [0, 0.1) is 0 Å². The van der Waals surface area contributed by atoms with Gasteiger partial charge in [0.05, 0.1) is 0 Å². The molecule has 4 aliphatic heterocycles. The van der Waals surface area contributed by atoms with Crippen LogP contribution in [0.25, 0.3) is 0 Å². The van der Waals surface area contributed by atoms with Crippen LogP contribution < -0.4 is 21.2 Å². The Balaban J connectivity index is 1.18.